The number of aromatic amines is 1. The molecule has 0 unspecified atom stereocenters. The largest absolute Gasteiger partial charge is 0.350 e. The van der Waals surface area contributed by atoms with E-state index in [-0.39, 0.29) is 5.91 Å². The number of hydrogen-bond donors (Lipinski definition) is 3. The molecule has 1 aliphatic carbocycles. The minimum Gasteiger partial charge on any atom is -0.350 e. The van der Waals surface area contributed by atoms with Gasteiger partial charge in [0.1, 0.15) is 5.65 Å². The molecule has 2 aliphatic rings. The summed E-state index contributed by atoms with van der Waals surface area (Å²) in [6, 6.07) is 2.52. The first-order chi connectivity index (χ1) is 11.8. The van der Waals surface area contributed by atoms with Crippen LogP contribution in [-0.2, 0) is 0 Å². The molecule has 0 atom stereocenters. The first-order valence-corrected chi connectivity index (χ1v) is 8.99. The van der Waals surface area contributed by atoms with Crippen LogP contribution < -0.4 is 15.5 Å². The summed E-state index contributed by atoms with van der Waals surface area (Å²) in [5, 5.41) is 7.54. The Labute approximate surface area is 142 Å². The molecule has 1 fully saturated rings. The number of carbonyl (C=O) groups is 1. The van der Waals surface area contributed by atoms with Gasteiger partial charge in [0, 0.05) is 23.8 Å². The van der Waals surface area contributed by atoms with Crippen LogP contribution in [0.2, 0.25) is 0 Å². The maximum Gasteiger partial charge on any atom is 0.256 e. The summed E-state index contributed by atoms with van der Waals surface area (Å²) < 4.78 is 0. The highest BCUT2D eigenvalue weighted by atomic mass is 16.2. The van der Waals surface area contributed by atoms with Crippen molar-refractivity contribution in [3.8, 4) is 0 Å². The molecule has 1 saturated carbocycles. The molecular formula is C18H25N5O. The molecule has 1 aliphatic heterocycles. The van der Waals surface area contributed by atoms with Gasteiger partial charge in [-0.15, -0.1) is 0 Å². The van der Waals surface area contributed by atoms with Crippen molar-refractivity contribution in [3.05, 3.63) is 24.0 Å². The summed E-state index contributed by atoms with van der Waals surface area (Å²) >= 11 is 0. The second-order valence-corrected chi connectivity index (χ2v) is 6.88. The molecule has 0 bridgehead atoms. The predicted octanol–water partition coefficient (Wildman–Crippen LogP) is 2.24. The maximum absolute atomic E-state index is 12.3. The van der Waals surface area contributed by atoms with Crippen LogP contribution >= 0.6 is 0 Å². The molecular weight excluding hydrogens is 302 g/mol. The van der Waals surface area contributed by atoms with Crippen molar-refractivity contribution in [2.45, 2.75) is 38.6 Å². The Morgan fingerprint density at radius 2 is 2.17 bits per heavy atom. The van der Waals surface area contributed by atoms with Gasteiger partial charge in [0.2, 0.25) is 0 Å². The smallest absolute Gasteiger partial charge is 0.256 e. The van der Waals surface area contributed by atoms with Gasteiger partial charge in [0.05, 0.1) is 17.9 Å². The molecule has 4 rings (SSSR count). The topological polar surface area (TPSA) is 73.0 Å². The molecule has 3 heterocycles. The second-order valence-electron chi connectivity index (χ2n) is 6.88. The number of H-pyrrole nitrogens is 1. The Kier molecular flexibility index (Phi) is 4.14. The monoisotopic (exact) mass is 327 g/mol. The number of hydrogen-bond acceptors (Lipinski definition) is 4. The van der Waals surface area contributed by atoms with E-state index >= 15 is 0 Å². The zero-order chi connectivity index (χ0) is 16.5. The lowest BCUT2D eigenvalue weighted by Crippen LogP contribution is -2.50. The van der Waals surface area contributed by atoms with Crippen LogP contribution in [0.15, 0.2) is 18.5 Å². The van der Waals surface area contributed by atoms with Crippen LogP contribution in [0, 0.1) is 5.92 Å². The molecule has 0 radical (unpaired) electrons. The standard InChI is InChI=1S/C18H25N5O/c1-2-19-9-12-3-5-13(6-4-12)23-11-22-18(24)15-10-21-17-14(16(15)23)7-8-20-17/h7-8,10,12-13,19H,2-6,9,11H2,1H3,(H,20,21)(H,22,24)/t12-,13-. The summed E-state index contributed by atoms with van der Waals surface area (Å²) in [5.74, 6) is 0.766. The lowest BCUT2D eigenvalue weighted by molar-refractivity contribution is 0.0944. The first-order valence-electron chi connectivity index (χ1n) is 8.99. The first kappa shape index (κ1) is 15.4. The molecule has 24 heavy (non-hydrogen) atoms. The van der Waals surface area contributed by atoms with Gasteiger partial charge in [-0.1, -0.05) is 6.92 Å². The van der Waals surface area contributed by atoms with Gasteiger partial charge in [0.25, 0.3) is 5.91 Å². The van der Waals surface area contributed by atoms with Gasteiger partial charge in [-0.05, 0) is 50.8 Å². The number of amides is 1. The van der Waals surface area contributed by atoms with Crippen molar-refractivity contribution in [3.63, 3.8) is 0 Å². The van der Waals surface area contributed by atoms with E-state index in [0.717, 1.165) is 35.7 Å². The van der Waals surface area contributed by atoms with E-state index < -0.39 is 0 Å². The van der Waals surface area contributed by atoms with E-state index in [2.05, 4.69) is 32.4 Å². The molecule has 6 nitrogen and oxygen atoms in total. The summed E-state index contributed by atoms with van der Waals surface area (Å²) in [7, 11) is 0. The Morgan fingerprint density at radius 3 is 2.96 bits per heavy atom. The van der Waals surface area contributed by atoms with Gasteiger partial charge in [0.15, 0.2) is 0 Å². The van der Waals surface area contributed by atoms with Crippen LogP contribution in [0.5, 0.6) is 0 Å². The number of rotatable bonds is 4. The van der Waals surface area contributed by atoms with E-state index in [1.54, 1.807) is 6.20 Å². The fourth-order valence-electron chi connectivity index (χ4n) is 4.12. The van der Waals surface area contributed by atoms with Gasteiger partial charge in [-0.3, -0.25) is 4.79 Å². The Morgan fingerprint density at radius 1 is 1.33 bits per heavy atom. The highest BCUT2D eigenvalue weighted by molar-refractivity contribution is 6.08. The molecule has 6 heteroatoms. The highest BCUT2D eigenvalue weighted by Gasteiger charge is 2.32. The maximum atomic E-state index is 12.3. The van der Waals surface area contributed by atoms with E-state index in [1.807, 2.05) is 12.3 Å². The van der Waals surface area contributed by atoms with Crippen LogP contribution in [-0.4, -0.2) is 41.7 Å². The van der Waals surface area contributed by atoms with Gasteiger partial charge >= 0.3 is 0 Å². The average molecular weight is 327 g/mol. The zero-order valence-corrected chi connectivity index (χ0v) is 14.1. The van der Waals surface area contributed by atoms with E-state index in [1.165, 1.54) is 25.7 Å². The normalized spacial score (nSPS) is 24.0. The Bertz CT molecular complexity index is 732. The SMILES string of the molecule is CCNC[C@H]1CC[C@H](N2CNC(=O)c3cnc4[nH]ccc4c32)CC1. The average Bonchev–Trinajstić information content (AvgIpc) is 3.10. The summed E-state index contributed by atoms with van der Waals surface area (Å²) in [6.45, 7) is 4.93. The fraction of sp³-hybridized carbons (Fsp3) is 0.556. The van der Waals surface area contributed by atoms with Crippen molar-refractivity contribution in [2.24, 2.45) is 5.92 Å². The lowest BCUT2D eigenvalue weighted by Gasteiger charge is -2.41. The molecule has 0 spiro atoms. The van der Waals surface area contributed by atoms with Crippen LogP contribution in [0.3, 0.4) is 0 Å². The van der Waals surface area contributed by atoms with Crippen molar-refractivity contribution >= 4 is 22.6 Å². The van der Waals surface area contributed by atoms with Crippen molar-refractivity contribution < 1.29 is 4.79 Å². The minimum absolute atomic E-state index is 0.0160. The minimum atomic E-state index is -0.0160. The molecule has 2 aromatic rings. The van der Waals surface area contributed by atoms with Crippen LogP contribution in [0.25, 0.3) is 11.0 Å². The Balaban J connectivity index is 1.59. The number of carbonyl (C=O) groups excluding carboxylic acids is 1. The number of fused-ring (bicyclic) bond motifs is 3. The van der Waals surface area contributed by atoms with Gasteiger partial charge < -0.3 is 20.5 Å². The van der Waals surface area contributed by atoms with Crippen LogP contribution in [0.1, 0.15) is 43.0 Å². The molecule has 2 aromatic heterocycles. The zero-order valence-electron chi connectivity index (χ0n) is 14.1. The molecule has 0 saturated heterocycles. The number of pyridine rings is 1. The predicted molar refractivity (Wildman–Crippen MR) is 95.2 cm³/mol. The summed E-state index contributed by atoms with van der Waals surface area (Å²) in [4.78, 5) is 22.2. The number of nitrogens with one attached hydrogen (secondary N) is 3. The summed E-state index contributed by atoms with van der Waals surface area (Å²) in [6.07, 6.45) is 8.46. The third-order valence-electron chi connectivity index (χ3n) is 5.44. The third-order valence-corrected chi connectivity index (χ3v) is 5.44. The van der Waals surface area contributed by atoms with Crippen LogP contribution in [0.4, 0.5) is 5.69 Å². The van der Waals surface area contributed by atoms with Crippen molar-refractivity contribution in [2.75, 3.05) is 24.7 Å². The van der Waals surface area contributed by atoms with Crippen molar-refractivity contribution in [1.29, 1.82) is 0 Å². The summed E-state index contributed by atoms with van der Waals surface area (Å²) in [5.41, 5.74) is 2.61. The number of anilines is 1. The fourth-order valence-corrected chi connectivity index (χ4v) is 4.12. The van der Waals surface area contributed by atoms with Gasteiger partial charge in [-0.25, -0.2) is 4.98 Å². The quantitative estimate of drug-likeness (QED) is 0.805. The number of nitrogens with zero attached hydrogens (tertiary/aromatic N) is 2. The van der Waals surface area contributed by atoms with E-state index in [0.29, 0.717) is 18.3 Å². The van der Waals surface area contributed by atoms with E-state index in [9.17, 15) is 4.79 Å². The molecule has 128 valence electrons. The molecule has 3 N–H and O–H groups in total. The number of aromatic nitrogens is 2. The Hall–Kier alpha value is -2.08. The molecule has 0 aromatic carbocycles. The lowest BCUT2D eigenvalue weighted by atomic mass is 9.84. The van der Waals surface area contributed by atoms with E-state index in [4.69, 9.17) is 0 Å². The van der Waals surface area contributed by atoms with Crippen molar-refractivity contribution in [1.82, 2.24) is 20.6 Å². The second kappa shape index (κ2) is 6.43. The molecule has 1 amide bonds. The van der Waals surface area contributed by atoms with Gasteiger partial charge in [-0.2, -0.15) is 0 Å². The highest BCUT2D eigenvalue weighted by Crippen LogP contribution is 2.36. The third kappa shape index (κ3) is 2.65.